The van der Waals surface area contributed by atoms with Crippen LogP contribution in [0, 0.1) is 5.41 Å². The zero-order chi connectivity index (χ0) is 18.7. The van der Waals surface area contributed by atoms with E-state index < -0.39 is 29.8 Å². The number of Topliss-reactive ketones (excluding diaryl/α,β-unsaturated/α-hetero) is 1. The Bertz CT molecular complexity index is 463. The van der Waals surface area contributed by atoms with Gasteiger partial charge in [0.2, 0.25) is 5.91 Å². The lowest BCUT2D eigenvalue weighted by Crippen LogP contribution is -2.46. The van der Waals surface area contributed by atoms with Gasteiger partial charge in [-0.25, -0.2) is 4.79 Å². The van der Waals surface area contributed by atoms with Crippen LogP contribution in [-0.4, -0.2) is 62.3 Å². The average Bonchev–Trinajstić information content (AvgIpc) is 3.14. The summed E-state index contributed by atoms with van der Waals surface area (Å²) in [6, 6.07) is -0.442. The van der Waals surface area contributed by atoms with Gasteiger partial charge in [0, 0.05) is 26.1 Å². The molecule has 0 heterocycles. The summed E-state index contributed by atoms with van der Waals surface area (Å²) >= 11 is 0. The van der Waals surface area contributed by atoms with Gasteiger partial charge < -0.3 is 25.5 Å². The highest BCUT2D eigenvalue weighted by Gasteiger charge is 2.25. The molecule has 2 atom stereocenters. The second kappa shape index (κ2) is 11.7. The van der Waals surface area contributed by atoms with Crippen LogP contribution in [-0.2, 0) is 23.9 Å². The van der Waals surface area contributed by atoms with E-state index in [0.29, 0.717) is 18.8 Å². The number of nitrogens with one attached hydrogen (secondary N) is 3. The van der Waals surface area contributed by atoms with Crippen molar-refractivity contribution in [3.05, 3.63) is 0 Å². The molecule has 0 unspecified atom stereocenters. The van der Waals surface area contributed by atoms with Crippen LogP contribution in [0.1, 0.15) is 45.4 Å². The Morgan fingerprint density at radius 1 is 1.28 bits per heavy atom. The Morgan fingerprint density at radius 3 is 2.56 bits per heavy atom. The predicted molar refractivity (Wildman–Crippen MR) is 92.6 cm³/mol. The highest BCUT2D eigenvalue weighted by atomic mass is 16.5. The van der Waals surface area contributed by atoms with Crippen LogP contribution in [0.25, 0.3) is 0 Å². The molecule has 0 bridgehead atoms. The van der Waals surface area contributed by atoms with Crippen LogP contribution >= 0.6 is 0 Å². The molecule has 142 valence electrons. The third-order valence-electron chi connectivity index (χ3n) is 4.30. The largest absolute Gasteiger partial charge is 0.463 e. The molecule has 3 N–H and O–H groups in total. The van der Waals surface area contributed by atoms with E-state index in [-0.39, 0.29) is 19.4 Å². The monoisotopic (exact) mass is 355 g/mol. The molecule has 8 nitrogen and oxygen atoms in total. The lowest BCUT2D eigenvalue weighted by atomic mass is 10.1. The molecule has 0 aromatic rings. The number of ketones is 1. The maximum absolute atomic E-state index is 12.2. The SMILES string of the molecule is CO[C@H](C)C(=O)N[C@@H](CCC(=O)C=N)C(=O)OCCNC1CCCC1. The molecular weight excluding hydrogens is 326 g/mol. The Morgan fingerprint density at radius 2 is 1.96 bits per heavy atom. The van der Waals surface area contributed by atoms with E-state index in [1.165, 1.54) is 20.0 Å². The first kappa shape index (κ1) is 21.2. The molecule has 1 aliphatic rings. The van der Waals surface area contributed by atoms with Gasteiger partial charge in [0.1, 0.15) is 18.8 Å². The van der Waals surface area contributed by atoms with Gasteiger partial charge in [-0.05, 0) is 26.2 Å². The van der Waals surface area contributed by atoms with Crippen molar-refractivity contribution in [3.63, 3.8) is 0 Å². The fourth-order valence-corrected chi connectivity index (χ4v) is 2.65. The normalized spacial score (nSPS) is 16.9. The number of hydrogen-bond acceptors (Lipinski definition) is 7. The van der Waals surface area contributed by atoms with Crippen LogP contribution in [0.4, 0.5) is 0 Å². The van der Waals surface area contributed by atoms with Gasteiger partial charge in [-0.15, -0.1) is 0 Å². The smallest absolute Gasteiger partial charge is 0.328 e. The quantitative estimate of drug-likeness (QED) is 0.268. The number of ether oxygens (including phenoxy) is 2. The van der Waals surface area contributed by atoms with Crippen LogP contribution in [0.2, 0.25) is 0 Å². The number of carbonyl (C=O) groups excluding carboxylic acids is 3. The van der Waals surface area contributed by atoms with E-state index in [1.807, 2.05) is 0 Å². The Labute approximate surface area is 148 Å². The lowest BCUT2D eigenvalue weighted by Gasteiger charge is -2.19. The van der Waals surface area contributed by atoms with Crippen LogP contribution in [0.3, 0.4) is 0 Å². The second-order valence-corrected chi connectivity index (χ2v) is 6.19. The molecule has 0 aromatic heterocycles. The number of esters is 1. The standard InChI is InChI=1S/C17H29N3O5/c1-12(24-2)16(22)20-15(8-7-14(21)11-18)17(23)25-10-9-19-13-5-3-4-6-13/h11-13,15,18-19H,3-10H2,1-2H3,(H,20,22)/t12-,15+/m1/s1. The third kappa shape index (κ3) is 8.22. The third-order valence-corrected chi connectivity index (χ3v) is 4.30. The average molecular weight is 355 g/mol. The minimum absolute atomic E-state index is 0.00870. The Kier molecular flexibility index (Phi) is 9.94. The Hall–Kier alpha value is -1.80. The van der Waals surface area contributed by atoms with Crippen molar-refractivity contribution in [3.8, 4) is 0 Å². The predicted octanol–water partition coefficient (Wildman–Crippen LogP) is 0.580. The van der Waals surface area contributed by atoms with E-state index >= 15 is 0 Å². The molecule has 8 heteroatoms. The van der Waals surface area contributed by atoms with E-state index in [0.717, 1.165) is 12.8 Å². The molecule has 1 rings (SSSR count). The lowest BCUT2D eigenvalue weighted by molar-refractivity contribution is -0.149. The molecule has 0 saturated heterocycles. The molecule has 1 saturated carbocycles. The van der Waals surface area contributed by atoms with Gasteiger partial charge in [-0.1, -0.05) is 12.8 Å². The highest BCUT2D eigenvalue weighted by Crippen LogP contribution is 2.17. The summed E-state index contributed by atoms with van der Waals surface area (Å²) < 4.78 is 10.1. The number of methoxy groups -OCH3 is 1. The van der Waals surface area contributed by atoms with Crippen molar-refractivity contribution in [1.29, 1.82) is 5.41 Å². The maximum atomic E-state index is 12.2. The molecule has 0 aliphatic heterocycles. The highest BCUT2D eigenvalue weighted by molar-refractivity contribution is 6.26. The van der Waals surface area contributed by atoms with Crippen LogP contribution < -0.4 is 10.6 Å². The van der Waals surface area contributed by atoms with Crippen molar-refractivity contribution in [2.75, 3.05) is 20.3 Å². The first-order valence-corrected chi connectivity index (χ1v) is 8.74. The van der Waals surface area contributed by atoms with E-state index in [4.69, 9.17) is 14.9 Å². The van der Waals surface area contributed by atoms with Crippen molar-refractivity contribution >= 4 is 23.9 Å². The van der Waals surface area contributed by atoms with Gasteiger partial charge in [-0.2, -0.15) is 0 Å². The van der Waals surface area contributed by atoms with Gasteiger partial charge in [0.15, 0.2) is 5.78 Å². The first-order valence-electron chi connectivity index (χ1n) is 8.74. The van der Waals surface area contributed by atoms with Gasteiger partial charge >= 0.3 is 5.97 Å². The zero-order valence-electron chi connectivity index (χ0n) is 15.0. The molecule has 1 aliphatic carbocycles. The second-order valence-electron chi connectivity index (χ2n) is 6.19. The molecule has 25 heavy (non-hydrogen) atoms. The van der Waals surface area contributed by atoms with Crippen LogP contribution in [0.15, 0.2) is 0 Å². The molecule has 1 amide bonds. The topological polar surface area (TPSA) is 118 Å². The van der Waals surface area contributed by atoms with Crippen molar-refractivity contribution in [2.24, 2.45) is 0 Å². The summed E-state index contributed by atoms with van der Waals surface area (Å²) in [6.45, 7) is 2.33. The van der Waals surface area contributed by atoms with E-state index in [1.54, 1.807) is 6.92 Å². The summed E-state index contributed by atoms with van der Waals surface area (Å²) in [5.74, 6) is -1.44. The van der Waals surface area contributed by atoms with E-state index in [2.05, 4.69) is 10.6 Å². The number of carbonyl (C=O) groups is 3. The first-order chi connectivity index (χ1) is 12.0. The summed E-state index contributed by atoms with van der Waals surface area (Å²) in [5.41, 5.74) is 0. The Balaban J connectivity index is 2.44. The van der Waals surface area contributed by atoms with Crippen LogP contribution in [0.5, 0.6) is 0 Å². The van der Waals surface area contributed by atoms with Gasteiger partial charge in [-0.3, -0.25) is 9.59 Å². The van der Waals surface area contributed by atoms with Crippen molar-refractivity contribution in [2.45, 2.75) is 63.6 Å². The minimum Gasteiger partial charge on any atom is -0.463 e. The zero-order valence-corrected chi connectivity index (χ0v) is 15.0. The van der Waals surface area contributed by atoms with E-state index in [9.17, 15) is 14.4 Å². The molecule has 0 aromatic carbocycles. The maximum Gasteiger partial charge on any atom is 0.328 e. The molecule has 0 spiro atoms. The number of hydrogen-bond donors (Lipinski definition) is 3. The summed E-state index contributed by atoms with van der Waals surface area (Å²) in [6.07, 6.45) is 4.82. The fourth-order valence-electron chi connectivity index (χ4n) is 2.65. The van der Waals surface area contributed by atoms with Gasteiger partial charge in [0.05, 0.1) is 6.21 Å². The molecule has 0 radical (unpaired) electrons. The summed E-state index contributed by atoms with van der Waals surface area (Å²) in [4.78, 5) is 35.4. The number of amides is 1. The number of rotatable bonds is 12. The molecule has 1 fully saturated rings. The van der Waals surface area contributed by atoms with Gasteiger partial charge in [0.25, 0.3) is 0 Å². The minimum atomic E-state index is -0.930. The fraction of sp³-hybridized carbons (Fsp3) is 0.765. The van der Waals surface area contributed by atoms with Crippen molar-refractivity contribution < 1.29 is 23.9 Å². The molecular formula is C17H29N3O5. The van der Waals surface area contributed by atoms with Crippen molar-refractivity contribution in [1.82, 2.24) is 10.6 Å². The summed E-state index contributed by atoms with van der Waals surface area (Å²) in [5, 5.41) is 12.8. The summed E-state index contributed by atoms with van der Waals surface area (Å²) in [7, 11) is 1.39.